The second-order valence-corrected chi connectivity index (χ2v) is 31.0. The summed E-state index contributed by atoms with van der Waals surface area (Å²) in [5, 5.41) is 8.86. The monoisotopic (exact) mass is 1190 g/mol. The van der Waals surface area contributed by atoms with Crippen molar-refractivity contribution in [3.05, 3.63) is 66.1 Å². The van der Waals surface area contributed by atoms with E-state index < -0.39 is 57.1 Å². The van der Waals surface area contributed by atoms with Gasteiger partial charge in [-0.05, 0) is 159 Å². The molecule has 0 unspecified atom stereocenters. The second kappa shape index (κ2) is 30.1. The smallest absolute Gasteiger partial charge is 0.707 e. The van der Waals surface area contributed by atoms with Crippen molar-refractivity contribution in [3.63, 3.8) is 0 Å². The van der Waals surface area contributed by atoms with E-state index in [0.29, 0.717) is 63.6 Å². The molecule has 8 saturated carbocycles. The number of ether oxygens (including phenoxy) is 4. The predicted molar refractivity (Wildman–Crippen MR) is 287 cm³/mol. The van der Waals surface area contributed by atoms with Gasteiger partial charge in [0.25, 0.3) is 16.0 Å². The van der Waals surface area contributed by atoms with Crippen LogP contribution in [-0.2, 0) is 86.2 Å². The summed E-state index contributed by atoms with van der Waals surface area (Å²) < 4.78 is 117. The number of hydrogen-bond acceptors (Lipinski definition) is 13. The summed E-state index contributed by atoms with van der Waals surface area (Å²) >= 11 is 0. The van der Waals surface area contributed by atoms with Crippen molar-refractivity contribution in [3.8, 4) is 0 Å². The summed E-state index contributed by atoms with van der Waals surface area (Å²) in [6.07, 6.45) is 11.5. The summed E-state index contributed by atoms with van der Waals surface area (Å²) in [6.45, 7) is 16.5. The zero-order valence-electron chi connectivity index (χ0n) is 47.1. The molecule has 2 aromatic rings. The van der Waals surface area contributed by atoms with E-state index in [4.69, 9.17) is 36.8 Å². The predicted octanol–water partition coefficient (Wildman–Crippen LogP) is 6.80. The van der Waals surface area contributed by atoms with Gasteiger partial charge in [-0.2, -0.15) is 0 Å². The molecule has 0 radical (unpaired) electrons. The van der Waals surface area contributed by atoms with E-state index >= 15 is 0 Å². The van der Waals surface area contributed by atoms with Gasteiger partial charge in [0.15, 0.2) is 16.4 Å². The summed E-state index contributed by atoms with van der Waals surface area (Å²) in [7, 11) is -5.96. The zero-order chi connectivity index (χ0) is 57.0. The minimum Gasteiger partial charge on any atom is -0.707 e. The van der Waals surface area contributed by atoms with Crippen LogP contribution < -0.4 is 34.8 Å². The fraction of sp³-hybridized carbons (Fsp3) is 0.732. The van der Waals surface area contributed by atoms with Gasteiger partial charge in [-0.3, -0.25) is 9.59 Å². The molecule has 2 aromatic carbocycles. The number of halogens is 4. The Morgan fingerprint density at radius 1 is 0.615 bits per heavy atom. The first-order chi connectivity index (χ1) is 35.9. The molecule has 10 aliphatic rings. The van der Waals surface area contributed by atoms with Gasteiger partial charge in [0, 0.05) is 41.7 Å². The molecule has 10 fully saturated rings. The van der Waals surface area contributed by atoms with E-state index in [1.807, 2.05) is 0 Å². The molecular formula is C56H82F4NaO13S4+. The van der Waals surface area contributed by atoms with Crippen LogP contribution in [0.25, 0.3) is 0 Å². The molecule has 2 heterocycles. The molecule has 0 aromatic heterocycles. The average molecular weight is 1190 g/mol. The zero-order valence-corrected chi connectivity index (χ0v) is 52.4. The normalized spacial score (nSPS) is 28.0. The van der Waals surface area contributed by atoms with Gasteiger partial charge in [-0.25, -0.2) is 17.2 Å². The maximum Gasteiger partial charge on any atom is 1.00 e. The quantitative estimate of drug-likeness (QED) is 0.0486. The van der Waals surface area contributed by atoms with Crippen LogP contribution in [0.1, 0.15) is 137 Å². The molecular weight excluding hydrogens is 1110 g/mol. The van der Waals surface area contributed by atoms with Gasteiger partial charge in [-0.15, -0.1) is 12.6 Å². The maximum atomic E-state index is 12.8. The third kappa shape index (κ3) is 22.1. The number of rotatable bonds is 9. The molecule has 2 aliphatic heterocycles. The molecule has 0 atom stereocenters. The van der Waals surface area contributed by atoms with Crippen LogP contribution in [0.2, 0.25) is 0 Å². The van der Waals surface area contributed by atoms with Gasteiger partial charge in [0.05, 0.1) is 43.5 Å². The third-order valence-corrected chi connectivity index (χ3v) is 20.6. The van der Waals surface area contributed by atoms with Crippen molar-refractivity contribution in [2.75, 3.05) is 68.9 Å². The molecule has 436 valence electrons. The summed E-state index contributed by atoms with van der Waals surface area (Å²) in [5.74, 6) is 4.95. The SMILES string of the molecule is CC(C)(C)c1ccc([S+]2CCOCC2)cc1.CC(C)(C)c1ccc([S+]2CCOCC2)cc1.CC(F)(F)COC(=O)C12CC3CC(CC(C3)C1)C2.CS(=O)(=O)O[O-].O=C(OC[C-](F)F)C12CC3CC(CC(C3)C1)C2.O=S(=O)=O.[Na+]. The van der Waals surface area contributed by atoms with E-state index in [0.717, 1.165) is 71.9 Å². The van der Waals surface area contributed by atoms with E-state index in [-0.39, 0.29) is 52.3 Å². The van der Waals surface area contributed by atoms with E-state index in [1.165, 1.54) is 82.5 Å². The first-order valence-corrected chi connectivity index (χ1v) is 32.7. The van der Waals surface area contributed by atoms with Crippen LogP contribution in [0.4, 0.5) is 17.6 Å². The van der Waals surface area contributed by atoms with Gasteiger partial charge in [-0.1, -0.05) is 65.8 Å². The molecule has 12 rings (SSSR count). The Morgan fingerprint density at radius 2 is 0.885 bits per heavy atom. The topological polar surface area (TPSA) is 189 Å². The molecule has 13 nitrogen and oxygen atoms in total. The average Bonchev–Trinajstić information content (AvgIpc) is 3.45. The minimum absolute atomic E-state index is 0. The molecule has 0 amide bonds. The molecule has 0 N–H and O–H groups in total. The fourth-order valence-electron chi connectivity index (χ4n) is 13.2. The number of benzene rings is 2. The van der Waals surface area contributed by atoms with Gasteiger partial charge in [0.1, 0.15) is 23.0 Å². The standard InChI is InChI=1S/C14H20F2O2.2C14H21OS.C13H17F2O2.CH4O4S.Na.O3S/c1-13(15,16)8-18-12(17)14-5-9-2-10(6-14)4-11(3-9)7-14;2*1-14(2,3)12-4-6-13(7-5-12)16-10-8-15-9-11-16;14-11(15)7-17-12(16)13-4-8-1-9(5-13)3-10(2-8)6-13;1-6(3,4)5-2;;1-4(2)3/h9-11H,2-8H2,1H3;2*4-7H,8-11H2,1-3H3;8-10H,1-7H2;2H,1H3;;/q;2*+1;-1;;+1;/p-1. The largest absolute Gasteiger partial charge is 1.00 e. The summed E-state index contributed by atoms with van der Waals surface area (Å²) in [6, 6.07) is 18.4. The number of esters is 2. The molecule has 0 spiro atoms. The third-order valence-electron chi connectivity index (χ3n) is 15.8. The Kier molecular flexibility index (Phi) is 26.6. The fourth-order valence-corrected chi connectivity index (χ4v) is 16.8. The molecule has 8 bridgehead atoms. The Hall–Kier alpha value is -1.79. The first kappa shape index (κ1) is 68.7. The van der Waals surface area contributed by atoms with Crippen molar-refractivity contribution >= 4 is 54.5 Å². The molecule has 22 heteroatoms. The van der Waals surface area contributed by atoms with Crippen LogP contribution in [0, 0.1) is 52.8 Å². The Labute approximate surface area is 490 Å². The van der Waals surface area contributed by atoms with Crippen LogP contribution in [0.5, 0.6) is 0 Å². The van der Waals surface area contributed by atoms with E-state index in [1.54, 1.807) is 0 Å². The van der Waals surface area contributed by atoms with Crippen molar-refractivity contribution in [2.24, 2.45) is 46.3 Å². The van der Waals surface area contributed by atoms with Crippen LogP contribution >= 0.6 is 0 Å². The van der Waals surface area contributed by atoms with Gasteiger partial charge < -0.3 is 37.3 Å². The first-order valence-electron chi connectivity index (χ1n) is 26.8. The number of hydrogen-bond donors (Lipinski definition) is 0. The molecule has 78 heavy (non-hydrogen) atoms. The van der Waals surface area contributed by atoms with E-state index in [9.17, 15) is 35.6 Å². The van der Waals surface area contributed by atoms with Crippen LogP contribution in [0.15, 0.2) is 58.3 Å². The summed E-state index contributed by atoms with van der Waals surface area (Å²) in [4.78, 5) is 27.2. The number of carbonyl (C=O) groups excluding carboxylic acids is 2. The second-order valence-electron chi connectivity index (χ2n) is 24.5. The Balaban J connectivity index is 0.000000211. The van der Waals surface area contributed by atoms with Crippen molar-refractivity contribution in [1.29, 1.82) is 0 Å². The van der Waals surface area contributed by atoms with Crippen LogP contribution in [-0.4, -0.2) is 108 Å². The van der Waals surface area contributed by atoms with E-state index in [2.05, 4.69) is 94.4 Å². The van der Waals surface area contributed by atoms with Gasteiger partial charge >= 0.3 is 52.1 Å². The minimum atomic E-state index is -3.72. The van der Waals surface area contributed by atoms with Crippen molar-refractivity contribution < 1.29 is 106 Å². The number of carbonyl (C=O) groups is 2. The van der Waals surface area contributed by atoms with Crippen molar-refractivity contribution in [2.45, 2.75) is 152 Å². The molecule has 8 aliphatic carbocycles. The number of alkyl halides is 2. The molecule has 2 saturated heterocycles. The van der Waals surface area contributed by atoms with Crippen LogP contribution in [0.3, 0.4) is 0 Å². The Bertz CT molecular complexity index is 2270. The Morgan fingerprint density at radius 3 is 1.12 bits per heavy atom. The van der Waals surface area contributed by atoms with Gasteiger partial charge in [0.2, 0.25) is 0 Å². The maximum absolute atomic E-state index is 12.8. The summed E-state index contributed by atoms with van der Waals surface area (Å²) in [5.41, 5.74) is 2.54. The van der Waals surface area contributed by atoms with Crippen molar-refractivity contribution in [1.82, 2.24) is 0 Å².